The van der Waals surface area contributed by atoms with E-state index in [4.69, 9.17) is 5.11 Å². The Labute approximate surface area is 133 Å². The van der Waals surface area contributed by atoms with Gasteiger partial charge in [-0.3, -0.25) is 4.68 Å². The Morgan fingerprint density at radius 3 is 2.61 bits per heavy atom. The molecule has 1 aromatic carbocycles. The van der Waals surface area contributed by atoms with Crippen molar-refractivity contribution in [1.82, 2.24) is 19.4 Å². The zero-order valence-corrected chi connectivity index (χ0v) is 12.5. The van der Waals surface area contributed by atoms with Crippen LogP contribution in [0.1, 0.15) is 11.1 Å². The molecular weight excluding hydrogens is 288 g/mol. The van der Waals surface area contributed by atoms with Gasteiger partial charge in [0, 0.05) is 29.7 Å². The number of benzene rings is 1. The van der Waals surface area contributed by atoms with Crippen molar-refractivity contribution in [3.8, 4) is 11.1 Å². The van der Waals surface area contributed by atoms with Crippen LogP contribution in [0.2, 0.25) is 0 Å². The van der Waals surface area contributed by atoms with Gasteiger partial charge in [-0.05, 0) is 23.3 Å². The van der Waals surface area contributed by atoms with Gasteiger partial charge in [0.2, 0.25) is 0 Å². The largest absolute Gasteiger partial charge is 0.392 e. The second kappa shape index (κ2) is 5.70. The predicted molar refractivity (Wildman–Crippen MR) is 87.9 cm³/mol. The van der Waals surface area contributed by atoms with E-state index < -0.39 is 0 Å². The number of hydrogen-bond acceptors (Lipinski definition) is 3. The van der Waals surface area contributed by atoms with E-state index in [-0.39, 0.29) is 6.61 Å². The SMILES string of the molecule is OCc1cnn(Cc2ccc(-c3cccn4nccc34)cc2)c1. The average Bonchev–Trinajstić information content (AvgIpc) is 3.24. The molecule has 0 unspecified atom stereocenters. The van der Waals surface area contributed by atoms with Gasteiger partial charge >= 0.3 is 0 Å². The normalized spacial score (nSPS) is 11.2. The van der Waals surface area contributed by atoms with Crippen molar-refractivity contribution in [3.63, 3.8) is 0 Å². The minimum absolute atomic E-state index is 0.0221. The highest BCUT2D eigenvalue weighted by Gasteiger charge is 2.05. The number of aromatic nitrogens is 4. The summed E-state index contributed by atoms with van der Waals surface area (Å²) in [7, 11) is 0. The lowest BCUT2D eigenvalue weighted by molar-refractivity contribution is 0.281. The van der Waals surface area contributed by atoms with E-state index >= 15 is 0 Å². The van der Waals surface area contributed by atoms with Crippen molar-refractivity contribution >= 4 is 5.52 Å². The fourth-order valence-electron chi connectivity index (χ4n) is 2.75. The fourth-order valence-corrected chi connectivity index (χ4v) is 2.75. The van der Waals surface area contributed by atoms with Crippen LogP contribution < -0.4 is 0 Å². The molecule has 0 amide bonds. The second-order valence-electron chi connectivity index (χ2n) is 5.48. The lowest BCUT2D eigenvalue weighted by atomic mass is 10.0. The quantitative estimate of drug-likeness (QED) is 0.631. The number of hydrogen-bond donors (Lipinski definition) is 1. The first kappa shape index (κ1) is 13.7. The minimum Gasteiger partial charge on any atom is -0.392 e. The molecule has 0 saturated heterocycles. The summed E-state index contributed by atoms with van der Waals surface area (Å²) >= 11 is 0. The number of aliphatic hydroxyl groups is 1. The van der Waals surface area contributed by atoms with E-state index in [1.54, 1.807) is 6.20 Å². The molecule has 4 rings (SSSR count). The van der Waals surface area contributed by atoms with Gasteiger partial charge in [0.1, 0.15) is 0 Å². The molecule has 5 nitrogen and oxygen atoms in total. The van der Waals surface area contributed by atoms with Crippen LogP contribution in [0.3, 0.4) is 0 Å². The molecule has 5 heteroatoms. The van der Waals surface area contributed by atoms with Crippen LogP contribution in [-0.4, -0.2) is 24.5 Å². The molecular formula is C18H16N4O. The molecule has 1 N–H and O–H groups in total. The van der Waals surface area contributed by atoms with E-state index in [0.29, 0.717) is 6.54 Å². The smallest absolute Gasteiger partial charge is 0.0739 e. The Morgan fingerprint density at radius 1 is 0.957 bits per heavy atom. The Balaban J connectivity index is 1.61. The van der Waals surface area contributed by atoms with Gasteiger partial charge in [-0.2, -0.15) is 10.2 Å². The third-order valence-corrected chi connectivity index (χ3v) is 3.92. The molecule has 3 aromatic heterocycles. The maximum absolute atomic E-state index is 9.09. The topological polar surface area (TPSA) is 55.4 Å². The van der Waals surface area contributed by atoms with Crippen LogP contribution in [0.15, 0.2) is 67.3 Å². The van der Waals surface area contributed by atoms with Crippen molar-refractivity contribution < 1.29 is 5.11 Å². The molecule has 0 bridgehead atoms. The molecule has 0 aliphatic heterocycles. The van der Waals surface area contributed by atoms with Gasteiger partial charge in [-0.15, -0.1) is 0 Å². The lowest BCUT2D eigenvalue weighted by Crippen LogP contribution is -1.99. The standard InChI is InChI=1S/C18H16N4O/c23-13-15-10-20-21(12-15)11-14-3-5-16(6-4-14)17-2-1-9-22-18(17)7-8-19-22/h1-10,12,23H,11,13H2. The lowest BCUT2D eigenvalue weighted by Gasteiger charge is -2.06. The number of nitrogens with zero attached hydrogens (tertiary/aromatic N) is 4. The van der Waals surface area contributed by atoms with Gasteiger partial charge in [0.05, 0.1) is 24.9 Å². The van der Waals surface area contributed by atoms with Gasteiger partial charge < -0.3 is 5.11 Å². The van der Waals surface area contributed by atoms with Crippen LogP contribution in [-0.2, 0) is 13.2 Å². The molecule has 0 radical (unpaired) electrons. The van der Waals surface area contributed by atoms with Crippen molar-refractivity contribution in [3.05, 3.63) is 78.4 Å². The molecule has 23 heavy (non-hydrogen) atoms. The van der Waals surface area contributed by atoms with Gasteiger partial charge in [-0.25, -0.2) is 4.52 Å². The van der Waals surface area contributed by atoms with E-state index in [2.05, 4.69) is 40.5 Å². The molecule has 4 aromatic rings. The number of rotatable bonds is 4. The van der Waals surface area contributed by atoms with Gasteiger partial charge in [0.25, 0.3) is 0 Å². The Kier molecular flexibility index (Phi) is 3.40. The molecule has 0 aliphatic rings. The molecule has 0 atom stereocenters. The Morgan fingerprint density at radius 2 is 1.83 bits per heavy atom. The summed E-state index contributed by atoms with van der Waals surface area (Å²) in [6.45, 7) is 0.714. The predicted octanol–water partition coefficient (Wildman–Crippen LogP) is 2.74. The van der Waals surface area contributed by atoms with E-state index in [1.807, 2.05) is 39.9 Å². The summed E-state index contributed by atoms with van der Waals surface area (Å²) < 4.78 is 3.71. The molecule has 0 aliphatic carbocycles. The highest BCUT2D eigenvalue weighted by molar-refractivity contribution is 5.79. The van der Waals surface area contributed by atoms with Crippen molar-refractivity contribution in [2.45, 2.75) is 13.2 Å². The molecule has 3 heterocycles. The van der Waals surface area contributed by atoms with E-state index in [9.17, 15) is 0 Å². The summed E-state index contributed by atoms with van der Waals surface area (Å²) in [6, 6.07) is 14.6. The summed E-state index contributed by atoms with van der Waals surface area (Å²) in [5, 5.41) is 17.6. The van der Waals surface area contributed by atoms with E-state index in [1.165, 1.54) is 11.1 Å². The zero-order chi connectivity index (χ0) is 15.6. The van der Waals surface area contributed by atoms with Crippen LogP contribution in [0.25, 0.3) is 16.6 Å². The zero-order valence-electron chi connectivity index (χ0n) is 12.5. The van der Waals surface area contributed by atoms with Gasteiger partial charge in [-0.1, -0.05) is 30.3 Å². The first-order valence-electron chi connectivity index (χ1n) is 7.47. The maximum atomic E-state index is 9.09. The summed E-state index contributed by atoms with van der Waals surface area (Å²) in [5.41, 5.74) is 5.42. The van der Waals surface area contributed by atoms with Crippen LogP contribution in [0.4, 0.5) is 0 Å². The number of pyridine rings is 1. The van der Waals surface area contributed by atoms with E-state index in [0.717, 1.165) is 16.6 Å². The molecule has 0 spiro atoms. The van der Waals surface area contributed by atoms with Crippen molar-refractivity contribution in [1.29, 1.82) is 0 Å². The Bertz CT molecular complexity index is 937. The molecule has 0 fully saturated rings. The summed E-state index contributed by atoms with van der Waals surface area (Å²) in [6.07, 6.45) is 7.31. The van der Waals surface area contributed by atoms with Crippen LogP contribution in [0, 0.1) is 0 Å². The molecule has 0 saturated carbocycles. The first-order chi connectivity index (χ1) is 11.3. The molecule has 114 valence electrons. The second-order valence-corrected chi connectivity index (χ2v) is 5.48. The summed E-state index contributed by atoms with van der Waals surface area (Å²) in [4.78, 5) is 0. The van der Waals surface area contributed by atoms with Crippen molar-refractivity contribution in [2.24, 2.45) is 0 Å². The number of aliphatic hydroxyl groups excluding tert-OH is 1. The Hall–Kier alpha value is -2.92. The average molecular weight is 304 g/mol. The summed E-state index contributed by atoms with van der Waals surface area (Å²) in [5.74, 6) is 0. The first-order valence-corrected chi connectivity index (χ1v) is 7.47. The fraction of sp³-hybridized carbons (Fsp3) is 0.111. The van der Waals surface area contributed by atoms with Crippen LogP contribution in [0.5, 0.6) is 0 Å². The third-order valence-electron chi connectivity index (χ3n) is 3.92. The van der Waals surface area contributed by atoms with Gasteiger partial charge in [0.15, 0.2) is 0 Å². The highest BCUT2D eigenvalue weighted by Crippen LogP contribution is 2.24. The number of fused-ring (bicyclic) bond motifs is 1. The minimum atomic E-state index is 0.0221. The third kappa shape index (κ3) is 2.62. The highest BCUT2D eigenvalue weighted by atomic mass is 16.3. The maximum Gasteiger partial charge on any atom is 0.0739 e. The van der Waals surface area contributed by atoms with Crippen molar-refractivity contribution in [2.75, 3.05) is 0 Å². The monoisotopic (exact) mass is 304 g/mol. The van der Waals surface area contributed by atoms with Crippen LogP contribution >= 0.6 is 0 Å².